The third kappa shape index (κ3) is 2.51. The van der Waals surface area contributed by atoms with Crippen molar-refractivity contribution in [2.75, 3.05) is 0 Å². The summed E-state index contributed by atoms with van der Waals surface area (Å²) < 4.78 is 0. The number of hydrogen-bond donors (Lipinski definition) is 1. The summed E-state index contributed by atoms with van der Waals surface area (Å²) in [6.45, 7) is 2.25. The van der Waals surface area contributed by atoms with Crippen LogP contribution in [0.5, 0.6) is 0 Å². The molecule has 5 rings (SSSR count). The summed E-state index contributed by atoms with van der Waals surface area (Å²) in [7, 11) is 0. The molecular formula is C27H24O. The normalized spacial score (nSPS) is 15.5. The number of rotatable bonds is 5. The minimum absolute atomic E-state index is 0.631. The minimum atomic E-state index is -0.631. The molecule has 1 nitrogen and oxygen atoms in total. The average Bonchev–Trinajstić information content (AvgIpc) is 3.25. The topological polar surface area (TPSA) is 20.2 Å². The van der Waals surface area contributed by atoms with Crippen molar-refractivity contribution >= 4 is 22.3 Å². The first kappa shape index (κ1) is 17.2. The summed E-state index contributed by atoms with van der Waals surface area (Å²) in [6.07, 6.45) is 2.81. The first-order chi connectivity index (χ1) is 13.8. The Balaban J connectivity index is 1.80. The van der Waals surface area contributed by atoms with Gasteiger partial charge in [-0.25, -0.2) is 0 Å². The van der Waals surface area contributed by atoms with E-state index in [-0.39, 0.29) is 0 Å². The number of aliphatic hydroxyl groups is 1. The highest BCUT2D eigenvalue weighted by molar-refractivity contribution is 6.32. The van der Waals surface area contributed by atoms with Crippen LogP contribution in [0.1, 0.15) is 60.1 Å². The summed E-state index contributed by atoms with van der Waals surface area (Å²) in [5.41, 5.74) is 11.1. The molecule has 1 unspecified atom stereocenters. The van der Waals surface area contributed by atoms with Crippen LogP contribution in [-0.2, 0) is 0 Å². The van der Waals surface area contributed by atoms with Crippen LogP contribution in [0, 0.1) is 0 Å². The van der Waals surface area contributed by atoms with Gasteiger partial charge in [0.1, 0.15) is 6.10 Å². The van der Waals surface area contributed by atoms with E-state index < -0.39 is 6.10 Å². The van der Waals surface area contributed by atoms with Crippen molar-refractivity contribution < 1.29 is 5.11 Å². The Hall–Kier alpha value is -2.90. The predicted octanol–water partition coefficient (Wildman–Crippen LogP) is 6.76. The Labute approximate surface area is 166 Å². The van der Waals surface area contributed by atoms with Crippen LogP contribution in [0.3, 0.4) is 0 Å². The largest absolute Gasteiger partial charge is 0.384 e. The molecule has 0 amide bonds. The van der Waals surface area contributed by atoms with Gasteiger partial charge in [0.15, 0.2) is 0 Å². The summed E-state index contributed by atoms with van der Waals surface area (Å²) in [5.74, 6) is 0. The fourth-order valence-electron chi connectivity index (χ4n) is 4.73. The molecule has 0 fully saturated rings. The quantitative estimate of drug-likeness (QED) is 0.530. The highest BCUT2D eigenvalue weighted by atomic mass is 16.3. The van der Waals surface area contributed by atoms with Gasteiger partial charge in [-0.15, -0.1) is 0 Å². The lowest BCUT2D eigenvalue weighted by Crippen LogP contribution is -2.01. The summed E-state index contributed by atoms with van der Waals surface area (Å²) in [6, 6.07) is 27.3. The van der Waals surface area contributed by atoms with Gasteiger partial charge in [-0.3, -0.25) is 0 Å². The van der Waals surface area contributed by atoms with Crippen LogP contribution in [0.4, 0.5) is 0 Å². The van der Waals surface area contributed by atoms with E-state index in [2.05, 4.69) is 55.5 Å². The van der Waals surface area contributed by atoms with Crippen LogP contribution in [0.15, 0.2) is 78.9 Å². The van der Waals surface area contributed by atoms with E-state index in [1.165, 1.54) is 51.8 Å². The third-order valence-corrected chi connectivity index (χ3v) is 6.00. The summed E-state index contributed by atoms with van der Waals surface area (Å²) in [5, 5.41) is 11.4. The molecule has 1 atom stereocenters. The molecule has 1 N–H and O–H groups in total. The van der Waals surface area contributed by atoms with Crippen molar-refractivity contribution in [3.8, 4) is 0 Å². The number of benzene rings is 3. The molecule has 28 heavy (non-hydrogen) atoms. The number of allylic oxidation sites excluding steroid dienone is 3. The second kappa shape index (κ2) is 6.92. The minimum Gasteiger partial charge on any atom is -0.384 e. The van der Waals surface area contributed by atoms with E-state index in [9.17, 15) is 5.11 Å². The van der Waals surface area contributed by atoms with E-state index in [0.29, 0.717) is 0 Å². The molecule has 2 aliphatic carbocycles. The van der Waals surface area contributed by atoms with Gasteiger partial charge in [0.05, 0.1) is 0 Å². The molecule has 0 saturated heterocycles. The second-order valence-electron chi connectivity index (χ2n) is 7.65. The zero-order valence-electron chi connectivity index (χ0n) is 16.2. The van der Waals surface area contributed by atoms with Gasteiger partial charge < -0.3 is 5.11 Å². The molecule has 0 bridgehead atoms. The molecule has 138 valence electrons. The molecule has 2 aliphatic rings. The van der Waals surface area contributed by atoms with Crippen LogP contribution in [0.2, 0.25) is 0 Å². The number of unbranched alkanes of at least 4 members (excludes halogenated alkanes) is 1. The van der Waals surface area contributed by atoms with E-state index in [4.69, 9.17) is 0 Å². The van der Waals surface area contributed by atoms with Gasteiger partial charge in [-0.05, 0) is 57.4 Å². The maximum absolute atomic E-state index is 11.4. The predicted molar refractivity (Wildman–Crippen MR) is 117 cm³/mol. The molecule has 0 heterocycles. The lowest BCUT2D eigenvalue weighted by molar-refractivity contribution is 0.239. The zero-order valence-corrected chi connectivity index (χ0v) is 16.2. The van der Waals surface area contributed by atoms with Gasteiger partial charge in [0.25, 0.3) is 0 Å². The Morgan fingerprint density at radius 2 is 1.25 bits per heavy atom. The molecule has 3 aromatic carbocycles. The fourth-order valence-corrected chi connectivity index (χ4v) is 4.73. The standard InChI is InChI=1S/C27H24O/c1-2-3-13-20-19-14-7-8-15-21(19)25-24(20)22-16-9-10-17-23(22)26(25)27(28)18-11-5-4-6-12-18/h4-12,14-17,27-28H,2-3,13H2,1H3. The van der Waals surface area contributed by atoms with E-state index in [0.717, 1.165) is 17.6 Å². The summed E-state index contributed by atoms with van der Waals surface area (Å²) in [4.78, 5) is 0. The molecule has 0 aliphatic heterocycles. The van der Waals surface area contributed by atoms with Crippen LogP contribution in [0.25, 0.3) is 22.3 Å². The van der Waals surface area contributed by atoms with E-state index in [1.807, 2.05) is 30.3 Å². The van der Waals surface area contributed by atoms with Crippen molar-refractivity contribution in [3.63, 3.8) is 0 Å². The van der Waals surface area contributed by atoms with Gasteiger partial charge in [-0.1, -0.05) is 92.2 Å². The Bertz CT molecular complexity index is 1100. The molecule has 0 radical (unpaired) electrons. The molecule has 0 saturated carbocycles. The van der Waals surface area contributed by atoms with Gasteiger partial charge in [0.2, 0.25) is 0 Å². The lowest BCUT2D eigenvalue weighted by Gasteiger charge is -2.16. The van der Waals surface area contributed by atoms with E-state index in [1.54, 1.807) is 0 Å². The maximum Gasteiger partial charge on any atom is 0.105 e. The molecule has 3 aromatic rings. The van der Waals surface area contributed by atoms with Crippen molar-refractivity contribution in [2.24, 2.45) is 0 Å². The number of aliphatic hydroxyl groups excluding tert-OH is 1. The average molecular weight is 364 g/mol. The number of fused-ring (bicyclic) bond motifs is 5. The fraction of sp³-hybridized carbons (Fsp3) is 0.185. The highest BCUT2D eigenvalue weighted by Gasteiger charge is 2.38. The van der Waals surface area contributed by atoms with E-state index >= 15 is 0 Å². The first-order valence-electron chi connectivity index (χ1n) is 10.2. The SMILES string of the molecule is CCCCC1=C2C(=C(C(O)c3ccccc3)c3ccccc32)c2ccccc21. The summed E-state index contributed by atoms with van der Waals surface area (Å²) >= 11 is 0. The second-order valence-corrected chi connectivity index (χ2v) is 7.65. The van der Waals surface area contributed by atoms with Crippen molar-refractivity contribution in [1.82, 2.24) is 0 Å². The van der Waals surface area contributed by atoms with Gasteiger partial charge in [-0.2, -0.15) is 0 Å². The van der Waals surface area contributed by atoms with Crippen molar-refractivity contribution in [3.05, 3.63) is 107 Å². The molecule has 1 heteroatoms. The van der Waals surface area contributed by atoms with Gasteiger partial charge in [0, 0.05) is 5.57 Å². The van der Waals surface area contributed by atoms with Crippen LogP contribution < -0.4 is 0 Å². The molecule has 0 aromatic heterocycles. The van der Waals surface area contributed by atoms with Crippen molar-refractivity contribution in [1.29, 1.82) is 0 Å². The number of hydrogen-bond acceptors (Lipinski definition) is 1. The third-order valence-electron chi connectivity index (χ3n) is 6.00. The van der Waals surface area contributed by atoms with Crippen LogP contribution in [-0.4, -0.2) is 5.11 Å². The smallest absolute Gasteiger partial charge is 0.105 e. The Kier molecular flexibility index (Phi) is 4.26. The zero-order chi connectivity index (χ0) is 19.1. The maximum atomic E-state index is 11.4. The Morgan fingerprint density at radius 1 is 0.679 bits per heavy atom. The van der Waals surface area contributed by atoms with Gasteiger partial charge >= 0.3 is 0 Å². The lowest BCUT2D eigenvalue weighted by atomic mass is 9.91. The first-order valence-corrected chi connectivity index (χ1v) is 10.2. The molecule has 0 spiro atoms. The molecular weight excluding hydrogens is 340 g/mol. The Morgan fingerprint density at radius 3 is 1.93 bits per heavy atom. The van der Waals surface area contributed by atoms with Crippen molar-refractivity contribution in [2.45, 2.75) is 32.3 Å². The highest BCUT2D eigenvalue weighted by Crippen LogP contribution is 2.58. The monoisotopic (exact) mass is 364 g/mol. The van der Waals surface area contributed by atoms with Crippen LogP contribution >= 0.6 is 0 Å².